The van der Waals surface area contributed by atoms with Crippen LogP contribution in [0.3, 0.4) is 0 Å². The molecule has 1 aliphatic rings. The summed E-state index contributed by atoms with van der Waals surface area (Å²) in [6, 6.07) is 1.62. The fourth-order valence-electron chi connectivity index (χ4n) is 2.26. The summed E-state index contributed by atoms with van der Waals surface area (Å²) in [7, 11) is 0. The van der Waals surface area contributed by atoms with E-state index in [9.17, 15) is 0 Å². The van der Waals surface area contributed by atoms with E-state index in [-0.39, 0.29) is 5.15 Å². The molecule has 1 saturated heterocycles. The number of nitrogens with zero attached hydrogens (tertiary/aromatic N) is 2. The van der Waals surface area contributed by atoms with Crippen LogP contribution in [0.2, 0.25) is 15.2 Å². The van der Waals surface area contributed by atoms with Gasteiger partial charge in [0.2, 0.25) is 0 Å². The highest BCUT2D eigenvalue weighted by molar-refractivity contribution is 6.42. The fraction of sp³-hybridized carbons (Fsp3) is 0.615. The zero-order chi connectivity index (χ0) is 13.7. The Morgan fingerprint density at radius 1 is 1.05 bits per heavy atom. The highest BCUT2D eigenvalue weighted by atomic mass is 35.5. The quantitative estimate of drug-likeness (QED) is 0.836. The second kappa shape index (κ2) is 7.53. The molecule has 0 aromatic carbocycles. The average Bonchev–Trinajstić information content (AvgIpc) is 2.64. The Kier molecular flexibility index (Phi) is 6.02. The Morgan fingerprint density at radius 3 is 2.42 bits per heavy atom. The number of hydrogen-bond donors (Lipinski definition) is 1. The maximum atomic E-state index is 6.07. The van der Waals surface area contributed by atoms with Gasteiger partial charge >= 0.3 is 0 Å². The molecule has 1 aromatic heterocycles. The van der Waals surface area contributed by atoms with Gasteiger partial charge in [0.15, 0.2) is 0 Å². The highest BCUT2D eigenvalue weighted by Crippen LogP contribution is 2.28. The van der Waals surface area contributed by atoms with Gasteiger partial charge in [0.1, 0.15) is 11.0 Å². The van der Waals surface area contributed by atoms with Gasteiger partial charge in [0.05, 0.1) is 10.0 Å². The molecule has 0 aliphatic carbocycles. The van der Waals surface area contributed by atoms with E-state index >= 15 is 0 Å². The summed E-state index contributed by atoms with van der Waals surface area (Å²) >= 11 is 17.8. The highest BCUT2D eigenvalue weighted by Gasteiger charge is 2.10. The molecular formula is C13H18Cl3N3. The van der Waals surface area contributed by atoms with Gasteiger partial charge in [0, 0.05) is 13.1 Å². The summed E-state index contributed by atoms with van der Waals surface area (Å²) in [6.45, 7) is 4.18. The number of anilines is 1. The number of rotatable bonds is 4. The Labute approximate surface area is 129 Å². The molecule has 106 valence electrons. The van der Waals surface area contributed by atoms with Crippen molar-refractivity contribution in [3.8, 4) is 0 Å². The third kappa shape index (κ3) is 4.67. The van der Waals surface area contributed by atoms with Gasteiger partial charge in [-0.05, 0) is 32.0 Å². The first kappa shape index (κ1) is 15.2. The first-order valence-corrected chi connectivity index (χ1v) is 7.78. The number of nitrogens with one attached hydrogen (secondary N) is 1. The lowest BCUT2D eigenvalue weighted by Gasteiger charge is -2.20. The first-order valence-electron chi connectivity index (χ1n) is 6.64. The SMILES string of the molecule is Clc1cc(Cl)c(NCCN2CCCCCC2)nc1Cl. The molecule has 1 N–H and O–H groups in total. The van der Waals surface area contributed by atoms with Crippen LogP contribution in [0.1, 0.15) is 25.7 Å². The Hall–Kier alpha value is -0.220. The molecule has 0 spiro atoms. The molecule has 0 radical (unpaired) electrons. The lowest BCUT2D eigenvalue weighted by Crippen LogP contribution is -2.30. The van der Waals surface area contributed by atoms with Crippen molar-refractivity contribution in [2.75, 3.05) is 31.5 Å². The molecule has 1 fully saturated rings. The van der Waals surface area contributed by atoms with E-state index in [0.717, 1.165) is 13.1 Å². The van der Waals surface area contributed by atoms with Gasteiger partial charge in [-0.15, -0.1) is 0 Å². The van der Waals surface area contributed by atoms with Crippen molar-refractivity contribution in [2.24, 2.45) is 0 Å². The first-order chi connectivity index (χ1) is 9.16. The van der Waals surface area contributed by atoms with Crippen LogP contribution in [0.4, 0.5) is 5.82 Å². The van der Waals surface area contributed by atoms with E-state index in [4.69, 9.17) is 34.8 Å². The van der Waals surface area contributed by atoms with Crippen molar-refractivity contribution in [1.29, 1.82) is 0 Å². The molecule has 6 heteroatoms. The van der Waals surface area contributed by atoms with Crippen molar-refractivity contribution < 1.29 is 0 Å². The topological polar surface area (TPSA) is 28.2 Å². The van der Waals surface area contributed by atoms with Crippen LogP contribution in [0.25, 0.3) is 0 Å². The van der Waals surface area contributed by atoms with Crippen molar-refractivity contribution in [3.05, 3.63) is 21.3 Å². The summed E-state index contributed by atoms with van der Waals surface area (Å²) in [5, 5.41) is 4.39. The standard InChI is InChI=1S/C13H18Cl3N3/c14-10-9-11(15)13(18-12(10)16)17-5-8-19-6-3-1-2-4-7-19/h9H,1-8H2,(H,17,18). The van der Waals surface area contributed by atoms with Gasteiger partial charge in [-0.25, -0.2) is 4.98 Å². The zero-order valence-electron chi connectivity index (χ0n) is 10.8. The molecule has 0 bridgehead atoms. The number of likely N-dealkylation sites (tertiary alicyclic amines) is 1. The molecule has 1 aromatic rings. The molecule has 0 atom stereocenters. The van der Waals surface area contributed by atoms with E-state index in [1.165, 1.54) is 38.8 Å². The van der Waals surface area contributed by atoms with Gasteiger partial charge < -0.3 is 10.2 Å². The molecule has 2 heterocycles. The van der Waals surface area contributed by atoms with Gasteiger partial charge in [-0.1, -0.05) is 47.6 Å². The van der Waals surface area contributed by atoms with Crippen LogP contribution >= 0.6 is 34.8 Å². The lowest BCUT2D eigenvalue weighted by atomic mass is 10.2. The van der Waals surface area contributed by atoms with E-state index in [0.29, 0.717) is 15.9 Å². The Bertz CT molecular complexity index is 418. The maximum Gasteiger partial charge on any atom is 0.150 e. The van der Waals surface area contributed by atoms with Crippen LogP contribution in [-0.2, 0) is 0 Å². The van der Waals surface area contributed by atoms with Crippen molar-refractivity contribution in [2.45, 2.75) is 25.7 Å². The normalized spacial score (nSPS) is 17.2. The molecule has 3 nitrogen and oxygen atoms in total. The minimum absolute atomic E-state index is 0.281. The summed E-state index contributed by atoms with van der Waals surface area (Å²) in [5.41, 5.74) is 0. The van der Waals surface area contributed by atoms with E-state index in [2.05, 4.69) is 15.2 Å². The molecule has 19 heavy (non-hydrogen) atoms. The minimum Gasteiger partial charge on any atom is -0.367 e. The third-order valence-electron chi connectivity index (χ3n) is 3.31. The summed E-state index contributed by atoms with van der Waals surface area (Å²) in [6.07, 6.45) is 5.30. The molecule has 0 saturated carbocycles. The maximum absolute atomic E-state index is 6.07. The average molecular weight is 323 g/mol. The van der Waals surface area contributed by atoms with Crippen LogP contribution < -0.4 is 5.32 Å². The van der Waals surface area contributed by atoms with Crippen molar-refractivity contribution in [1.82, 2.24) is 9.88 Å². The van der Waals surface area contributed by atoms with Gasteiger partial charge in [-0.2, -0.15) is 0 Å². The van der Waals surface area contributed by atoms with Crippen molar-refractivity contribution in [3.63, 3.8) is 0 Å². The number of hydrogen-bond acceptors (Lipinski definition) is 3. The third-order valence-corrected chi connectivity index (χ3v) is 4.27. The molecule has 1 aliphatic heterocycles. The Morgan fingerprint density at radius 2 is 1.74 bits per heavy atom. The van der Waals surface area contributed by atoms with Crippen molar-refractivity contribution >= 4 is 40.6 Å². The zero-order valence-corrected chi connectivity index (χ0v) is 13.0. The van der Waals surface area contributed by atoms with Gasteiger partial charge in [0.25, 0.3) is 0 Å². The summed E-state index contributed by atoms with van der Waals surface area (Å²) in [4.78, 5) is 6.62. The molecule has 0 amide bonds. The van der Waals surface area contributed by atoms with Crippen LogP contribution in [0.15, 0.2) is 6.07 Å². The van der Waals surface area contributed by atoms with Crippen LogP contribution in [-0.4, -0.2) is 36.1 Å². The lowest BCUT2D eigenvalue weighted by molar-refractivity contribution is 0.296. The monoisotopic (exact) mass is 321 g/mol. The van der Waals surface area contributed by atoms with E-state index in [1.54, 1.807) is 6.07 Å². The minimum atomic E-state index is 0.281. The number of pyridine rings is 1. The smallest absolute Gasteiger partial charge is 0.150 e. The van der Waals surface area contributed by atoms with E-state index in [1.807, 2.05) is 0 Å². The molecule has 0 unspecified atom stereocenters. The van der Waals surface area contributed by atoms with Crippen LogP contribution in [0, 0.1) is 0 Å². The largest absolute Gasteiger partial charge is 0.367 e. The van der Waals surface area contributed by atoms with Crippen LogP contribution in [0.5, 0.6) is 0 Å². The predicted molar refractivity (Wildman–Crippen MR) is 82.7 cm³/mol. The summed E-state index contributed by atoms with van der Waals surface area (Å²) in [5.74, 6) is 0.603. The molecule has 2 rings (SSSR count). The summed E-state index contributed by atoms with van der Waals surface area (Å²) < 4.78 is 0. The second-order valence-electron chi connectivity index (χ2n) is 4.77. The fourth-order valence-corrected chi connectivity index (χ4v) is 2.82. The predicted octanol–water partition coefficient (Wildman–Crippen LogP) is 4.33. The number of halogens is 3. The Balaban J connectivity index is 1.83. The van der Waals surface area contributed by atoms with Gasteiger partial charge in [-0.3, -0.25) is 0 Å². The number of aromatic nitrogens is 1. The molecular weight excluding hydrogens is 305 g/mol. The van der Waals surface area contributed by atoms with E-state index < -0.39 is 0 Å². The second-order valence-corrected chi connectivity index (χ2v) is 5.95.